The molecule has 30 heavy (non-hydrogen) atoms. The summed E-state index contributed by atoms with van der Waals surface area (Å²) >= 11 is 0. The molecule has 0 radical (unpaired) electrons. The first-order valence-corrected chi connectivity index (χ1v) is 10.5. The van der Waals surface area contributed by atoms with Crippen LogP contribution in [0.4, 0.5) is 10.5 Å². The molecule has 0 saturated carbocycles. The number of benzene rings is 2. The Labute approximate surface area is 178 Å². The second kappa shape index (κ2) is 10.1. The Morgan fingerprint density at radius 2 is 1.93 bits per heavy atom. The lowest BCUT2D eigenvalue weighted by Gasteiger charge is -2.19. The number of Topliss-reactive ketones (excluding diaryl/α,β-unsaturated/α-hetero) is 1. The first-order valence-electron chi connectivity index (χ1n) is 10.5. The topological polar surface area (TPSA) is 70.1 Å². The number of para-hydroxylation sites is 1. The Balaban J connectivity index is 1.45. The molecule has 0 bridgehead atoms. The highest BCUT2D eigenvalue weighted by Crippen LogP contribution is 2.28. The summed E-state index contributed by atoms with van der Waals surface area (Å²) in [7, 11) is 3.68. The molecule has 1 aliphatic heterocycles. The summed E-state index contributed by atoms with van der Waals surface area (Å²) in [5.41, 5.74) is 4.19. The van der Waals surface area contributed by atoms with Crippen molar-refractivity contribution in [3.8, 4) is 5.75 Å². The SMILES string of the molecule is COc1ccccc1CCN(CCCCC(=O)c1ccc2c(c1)CCN2C)C(=O)O. The zero-order valence-electron chi connectivity index (χ0n) is 17.8. The summed E-state index contributed by atoms with van der Waals surface area (Å²) in [5, 5.41) is 9.50. The van der Waals surface area contributed by atoms with Gasteiger partial charge in [0.1, 0.15) is 5.75 Å². The maximum atomic E-state index is 12.5. The smallest absolute Gasteiger partial charge is 0.407 e. The minimum absolute atomic E-state index is 0.128. The van der Waals surface area contributed by atoms with Gasteiger partial charge in [-0.05, 0) is 61.1 Å². The van der Waals surface area contributed by atoms with Gasteiger partial charge in [-0.15, -0.1) is 0 Å². The van der Waals surface area contributed by atoms with Crippen molar-refractivity contribution in [1.82, 2.24) is 4.90 Å². The lowest BCUT2D eigenvalue weighted by atomic mass is 10.0. The number of unbranched alkanes of at least 4 members (excludes halogenated alkanes) is 1. The van der Waals surface area contributed by atoms with E-state index >= 15 is 0 Å². The summed E-state index contributed by atoms with van der Waals surface area (Å²) < 4.78 is 5.33. The molecule has 1 N–H and O–H groups in total. The molecule has 6 nitrogen and oxygen atoms in total. The molecule has 1 heterocycles. The van der Waals surface area contributed by atoms with Crippen LogP contribution in [0.25, 0.3) is 0 Å². The number of carbonyl (C=O) groups excluding carboxylic acids is 1. The third kappa shape index (κ3) is 5.32. The number of likely N-dealkylation sites (N-methyl/N-ethyl adjacent to an activating group) is 1. The zero-order chi connectivity index (χ0) is 21.5. The van der Waals surface area contributed by atoms with Crippen LogP contribution in [-0.2, 0) is 12.8 Å². The Bertz CT molecular complexity index is 897. The molecule has 1 aliphatic rings. The van der Waals surface area contributed by atoms with Gasteiger partial charge < -0.3 is 19.6 Å². The summed E-state index contributed by atoms with van der Waals surface area (Å²) in [6, 6.07) is 13.6. The molecule has 3 rings (SSSR count). The highest BCUT2D eigenvalue weighted by Gasteiger charge is 2.18. The monoisotopic (exact) mass is 410 g/mol. The lowest BCUT2D eigenvalue weighted by Crippen LogP contribution is -2.32. The molecule has 0 aromatic heterocycles. The van der Waals surface area contributed by atoms with E-state index in [0.29, 0.717) is 38.8 Å². The van der Waals surface area contributed by atoms with Gasteiger partial charge in [-0.3, -0.25) is 4.79 Å². The minimum Gasteiger partial charge on any atom is -0.496 e. The van der Waals surface area contributed by atoms with E-state index in [-0.39, 0.29) is 5.78 Å². The summed E-state index contributed by atoms with van der Waals surface area (Å²) in [6.07, 6.45) is 2.42. The van der Waals surface area contributed by atoms with Crippen LogP contribution in [0.5, 0.6) is 5.75 Å². The standard InChI is InChI=1S/C24H30N2O4/c1-25-15-12-19-17-20(10-11-21(19)25)22(27)8-5-6-14-26(24(28)29)16-13-18-7-3-4-9-23(18)30-2/h3-4,7,9-11,17H,5-6,8,12-16H2,1-2H3,(H,28,29). The third-order valence-corrected chi connectivity index (χ3v) is 5.73. The number of ketones is 1. The molecule has 1 amide bonds. The fourth-order valence-corrected chi connectivity index (χ4v) is 3.94. The van der Waals surface area contributed by atoms with Crippen LogP contribution in [0.15, 0.2) is 42.5 Å². The molecular formula is C24H30N2O4. The largest absolute Gasteiger partial charge is 0.496 e. The van der Waals surface area contributed by atoms with Crippen molar-refractivity contribution in [2.75, 3.05) is 38.7 Å². The number of methoxy groups -OCH3 is 1. The fraction of sp³-hybridized carbons (Fsp3) is 0.417. The Morgan fingerprint density at radius 1 is 1.13 bits per heavy atom. The van der Waals surface area contributed by atoms with Gasteiger partial charge in [0.05, 0.1) is 7.11 Å². The second-order valence-corrected chi connectivity index (χ2v) is 7.73. The van der Waals surface area contributed by atoms with E-state index < -0.39 is 6.09 Å². The molecule has 6 heteroatoms. The van der Waals surface area contributed by atoms with E-state index in [0.717, 1.165) is 29.8 Å². The molecule has 0 aliphatic carbocycles. The summed E-state index contributed by atoms with van der Waals surface area (Å²) in [4.78, 5) is 27.7. The molecular weight excluding hydrogens is 380 g/mol. The van der Waals surface area contributed by atoms with Gasteiger partial charge in [0, 0.05) is 44.4 Å². The Morgan fingerprint density at radius 3 is 2.70 bits per heavy atom. The number of anilines is 1. The highest BCUT2D eigenvalue weighted by molar-refractivity contribution is 5.96. The van der Waals surface area contributed by atoms with Crippen molar-refractivity contribution < 1.29 is 19.4 Å². The molecule has 2 aromatic carbocycles. The molecule has 0 spiro atoms. The van der Waals surface area contributed by atoms with Crippen LogP contribution in [0.2, 0.25) is 0 Å². The number of hydrogen-bond acceptors (Lipinski definition) is 4. The number of amides is 1. The van der Waals surface area contributed by atoms with Crippen LogP contribution < -0.4 is 9.64 Å². The first kappa shape index (κ1) is 21.7. The van der Waals surface area contributed by atoms with E-state index in [2.05, 4.69) is 11.9 Å². The van der Waals surface area contributed by atoms with Crippen LogP contribution in [0.1, 0.15) is 40.7 Å². The lowest BCUT2D eigenvalue weighted by molar-refractivity contribution is 0.0978. The molecule has 160 valence electrons. The van der Waals surface area contributed by atoms with Gasteiger partial charge in [-0.25, -0.2) is 4.79 Å². The van der Waals surface area contributed by atoms with Gasteiger partial charge in [0.25, 0.3) is 0 Å². The summed E-state index contributed by atoms with van der Waals surface area (Å²) in [6.45, 7) is 1.82. The molecule has 0 unspecified atom stereocenters. The fourth-order valence-electron chi connectivity index (χ4n) is 3.94. The van der Waals surface area contributed by atoms with Crippen molar-refractivity contribution in [3.63, 3.8) is 0 Å². The van der Waals surface area contributed by atoms with E-state index in [1.165, 1.54) is 16.2 Å². The van der Waals surface area contributed by atoms with Crippen LogP contribution in [0, 0.1) is 0 Å². The maximum Gasteiger partial charge on any atom is 0.407 e. The van der Waals surface area contributed by atoms with Crippen molar-refractivity contribution in [2.45, 2.75) is 32.1 Å². The number of nitrogens with zero attached hydrogens (tertiary/aromatic N) is 2. The van der Waals surface area contributed by atoms with Crippen LogP contribution >= 0.6 is 0 Å². The maximum absolute atomic E-state index is 12.5. The van der Waals surface area contributed by atoms with E-state index in [1.807, 2.05) is 42.5 Å². The number of ether oxygens (including phenoxy) is 1. The number of hydrogen-bond donors (Lipinski definition) is 1. The Kier molecular flexibility index (Phi) is 7.33. The second-order valence-electron chi connectivity index (χ2n) is 7.73. The average Bonchev–Trinajstić information content (AvgIpc) is 3.13. The minimum atomic E-state index is -0.932. The zero-order valence-corrected chi connectivity index (χ0v) is 17.8. The van der Waals surface area contributed by atoms with Crippen molar-refractivity contribution in [2.24, 2.45) is 0 Å². The van der Waals surface area contributed by atoms with Gasteiger partial charge >= 0.3 is 6.09 Å². The van der Waals surface area contributed by atoms with Gasteiger partial charge in [0.15, 0.2) is 5.78 Å². The van der Waals surface area contributed by atoms with Crippen molar-refractivity contribution in [3.05, 3.63) is 59.2 Å². The van der Waals surface area contributed by atoms with Crippen LogP contribution in [0.3, 0.4) is 0 Å². The number of fused-ring (bicyclic) bond motifs is 1. The highest BCUT2D eigenvalue weighted by atomic mass is 16.5. The number of rotatable bonds is 10. The van der Waals surface area contributed by atoms with Gasteiger partial charge in [-0.2, -0.15) is 0 Å². The quantitative estimate of drug-likeness (QED) is 0.468. The predicted molar refractivity (Wildman–Crippen MR) is 118 cm³/mol. The predicted octanol–water partition coefficient (Wildman–Crippen LogP) is 4.26. The van der Waals surface area contributed by atoms with E-state index in [4.69, 9.17) is 4.74 Å². The van der Waals surface area contributed by atoms with E-state index in [9.17, 15) is 14.7 Å². The number of carboxylic acid groups (broad SMARTS) is 1. The normalized spacial score (nSPS) is 12.5. The molecule has 0 fully saturated rings. The number of carbonyl (C=O) groups is 2. The van der Waals surface area contributed by atoms with Gasteiger partial charge in [0.2, 0.25) is 0 Å². The first-order chi connectivity index (χ1) is 14.5. The van der Waals surface area contributed by atoms with Crippen molar-refractivity contribution in [1.29, 1.82) is 0 Å². The van der Waals surface area contributed by atoms with Crippen LogP contribution in [-0.4, -0.2) is 55.7 Å². The third-order valence-electron chi connectivity index (χ3n) is 5.73. The molecule has 0 saturated heterocycles. The van der Waals surface area contributed by atoms with Crippen molar-refractivity contribution >= 4 is 17.6 Å². The molecule has 2 aromatic rings. The van der Waals surface area contributed by atoms with E-state index in [1.54, 1.807) is 7.11 Å². The Hall–Kier alpha value is -3.02. The molecule has 0 atom stereocenters. The van der Waals surface area contributed by atoms with Gasteiger partial charge in [-0.1, -0.05) is 18.2 Å². The summed E-state index contributed by atoms with van der Waals surface area (Å²) in [5.74, 6) is 0.900. The average molecular weight is 411 g/mol.